The molecule has 0 amide bonds. The summed E-state index contributed by atoms with van der Waals surface area (Å²) in [5, 5.41) is 4.56. The van der Waals surface area contributed by atoms with Gasteiger partial charge in [-0.25, -0.2) is 4.98 Å². The Kier molecular flexibility index (Phi) is 3.39. The van der Waals surface area contributed by atoms with E-state index in [-0.39, 0.29) is 5.56 Å². The lowest BCUT2D eigenvalue weighted by atomic mass is 10.0. The Morgan fingerprint density at radius 2 is 1.76 bits per heavy atom. The van der Waals surface area contributed by atoms with E-state index in [1.807, 2.05) is 42.1 Å². The predicted molar refractivity (Wildman–Crippen MR) is 80.6 cm³/mol. The average molecular weight is 281 g/mol. The number of methoxy groups -OCH3 is 1. The Bertz CT molecular complexity index is 794. The molecule has 0 saturated heterocycles. The highest BCUT2D eigenvalue weighted by Gasteiger charge is 2.14. The monoisotopic (exact) mass is 281 g/mol. The summed E-state index contributed by atoms with van der Waals surface area (Å²) in [4.78, 5) is 15.7. The Labute approximate surface area is 122 Å². The molecular formula is C16H15N3O2. The summed E-state index contributed by atoms with van der Waals surface area (Å²) >= 11 is 0. The number of ether oxygens (including phenoxy) is 1. The predicted octanol–water partition coefficient (Wildman–Crippen LogP) is 2.44. The minimum atomic E-state index is -0.256. The van der Waals surface area contributed by atoms with Crippen molar-refractivity contribution in [1.82, 2.24) is 14.8 Å². The van der Waals surface area contributed by atoms with Gasteiger partial charge in [-0.3, -0.25) is 9.48 Å². The van der Waals surface area contributed by atoms with Crippen molar-refractivity contribution in [3.63, 3.8) is 0 Å². The van der Waals surface area contributed by atoms with Crippen LogP contribution < -0.4 is 10.3 Å². The summed E-state index contributed by atoms with van der Waals surface area (Å²) in [5.74, 6) is 0.778. The van der Waals surface area contributed by atoms with Gasteiger partial charge in [-0.2, -0.15) is 5.10 Å². The standard InChI is InChI=1S/C16H15N3O2/c1-3-19-10-12-6-9-14(20)17-15(12)16(18-19)11-4-7-13(21-2)8-5-11/h4-10H,3H2,1-2H3. The highest BCUT2D eigenvalue weighted by Crippen LogP contribution is 2.29. The van der Waals surface area contributed by atoms with Crippen molar-refractivity contribution in [1.29, 1.82) is 0 Å². The van der Waals surface area contributed by atoms with Gasteiger partial charge < -0.3 is 4.74 Å². The third kappa shape index (κ3) is 2.50. The first kappa shape index (κ1) is 13.3. The van der Waals surface area contributed by atoms with Crippen molar-refractivity contribution < 1.29 is 4.74 Å². The first-order chi connectivity index (χ1) is 10.2. The molecule has 5 nitrogen and oxygen atoms in total. The fourth-order valence-corrected chi connectivity index (χ4v) is 2.22. The quantitative estimate of drug-likeness (QED) is 0.740. The highest BCUT2D eigenvalue weighted by atomic mass is 16.5. The van der Waals surface area contributed by atoms with Gasteiger partial charge in [-0.1, -0.05) is 0 Å². The molecule has 2 aliphatic rings. The lowest BCUT2D eigenvalue weighted by Crippen LogP contribution is -2.12. The lowest BCUT2D eigenvalue weighted by Gasteiger charge is -2.13. The number of pyridine rings is 1. The van der Waals surface area contributed by atoms with Gasteiger partial charge >= 0.3 is 0 Å². The first-order valence-electron chi connectivity index (χ1n) is 6.74. The Morgan fingerprint density at radius 3 is 2.43 bits per heavy atom. The van der Waals surface area contributed by atoms with Crippen molar-refractivity contribution in [3.05, 3.63) is 52.9 Å². The molecule has 0 N–H and O–H groups in total. The number of fused-ring (bicyclic) bond motifs is 1. The Hall–Kier alpha value is -2.69. The second-order valence-electron chi connectivity index (χ2n) is 4.65. The van der Waals surface area contributed by atoms with Gasteiger partial charge in [0.05, 0.1) is 7.11 Å². The fourth-order valence-electron chi connectivity index (χ4n) is 2.22. The molecule has 0 atom stereocenters. The molecule has 0 aliphatic carbocycles. The van der Waals surface area contributed by atoms with E-state index in [1.54, 1.807) is 13.2 Å². The minimum absolute atomic E-state index is 0.256. The largest absolute Gasteiger partial charge is 0.497 e. The van der Waals surface area contributed by atoms with Crippen LogP contribution in [-0.4, -0.2) is 21.9 Å². The number of hydrogen-bond acceptors (Lipinski definition) is 4. The van der Waals surface area contributed by atoms with Crippen LogP contribution in [-0.2, 0) is 6.54 Å². The Morgan fingerprint density at radius 1 is 1.05 bits per heavy atom. The molecule has 0 unspecified atom stereocenters. The van der Waals surface area contributed by atoms with Crippen LogP contribution in [0, 0.1) is 0 Å². The van der Waals surface area contributed by atoms with Crippen molar-refractivity contribution in [2.24, 2.45) is 0 Å². The molecule has 0 aromatic heterocycles. The molecular weight excluding hydrogens is 266 g/mol. The van der Waals surface area contributed by atoms with E-state index in [2.05, 4.69) is 10.1 Å². The molecule has 21 heavy (non-hydrogen) atoms. The van der Waals surface area contributed by atoms with Gasteiger partial charge in [0.25, 0.3) is 5.56 Å². The third-order valence-electron chi connectivity index (χ3n) is 3.33. The second-order valence-corrected chi connectivity index (χ2v) is 4.65. The summed E-state index contributed by atoms with van der Waals surface area (Å²) in [6, 6.07) is 10.8. The molecule has 3 rings (SSSR count). The van der Waals surface area contributed by atoms with E-state index in [4.69, 9.17) is 4.74 Å². The number of hydrogen-bond donors (Lipinski definition) is 0. The van der Waals surface area contributed by atoms with Gasteiger partial charge in [0.1, 0.15) is 17.1 Å². The van der Waals surface area contributed by atoms with E-state index in [0.717, 1.165) is 23.4 Å². The van der Waals surface area contributed by atoms with Crippen molar-refractivity contribution in [2.75, 3.05) is 7.11 Å². The van der Waals surface area contributed by atoms with Gasteiger partial charge in [-0.15, -0.1) is 0 Å². The summed E-state index contributed by atoms with van der Waals surface area (Å²) in [6.45, 7) is 2.77. The number of nitrogens with zero attached hydrogens (tertiary/aromatic N) is 3. The zero-order valence-electron chi connectivity index (χ0n) is 11.9. The van der Waals surface area contributed by atoms with E-state index >= 15 is 0 Å². The third-order valence-corrected chi connectivity index (χ3v) is 3.33. The van der Waals surface area contributed by atoms with E-state index in [1.165, 1.54) is 6.07 Å². The summed E-state index contributed by atoms with van der Waals surface area (Å²) in [7, 11) is 1.63. The van der Waals surface area contributed by atoms with Crippen LogP contribution in [0.2, 0.25) is 0 Å². The van der Waals surface area contributed by atoms with Crippen LogP contribution in [0.3, 0.4) is 0 Å². The van der Waals surface area contributed by atoms with Crippen LogP contribution in [0.25, 0.3) is 22.5 Å². The maximum absolute atomic E-state index is 11.6. The SMILES string of the molecule is CCn1cc2ccc(=O)nc-2c(-c2ccc(OC)cc2)n1. The zero-order chi connectivity index (χ0) is 14.8. The van der Waals surface area contributed by atoms with Crippen LogP contribution in [0.15, 0.2) is 47.4 Å². The highest BCUT2D eigenvalue weighted by molar-refractivity contribution is 5.77. The molecule has 106 valence electrons. The average Bonchev–Trinajstić information content (AvgIpc) is 2.54. The van der Waals surface area contributed by atoms with Crippen LogP contribution >= 0.6 is 0 Å². The van der Waals surface area contributed by atoms with Crippen molar-refractivity contribution in [3.8, 4) is 28.3 Å². The van der Waals surface area contributed by atoms with Gasteiger partial charge in [0.15, 0.2) is 0 Å². The van der Waals surface area contributed by atoms with Gasteiger partial charge in [0.2, 0.25) is 0 Å². The van der Waals surface area contributed by atoms with E-state index < -0.39 is 0 Å². The Balaban J connectivity index is 2.24. The number of aromatic nitrogens is 3. The molecule has 1 aromatic carbocycles. The molecule has 1 aromatic rings. The van der Waals surface area contributed by atoms with Crippen molar-refractivity contribution in [2.45, 2.75) is 13.5 Å². The molecule has 0 bridgehead atoms. The van der Waals surface area contributed by atoms with Crippen molar-refractivity contribution >= 4 is 0 Å². The molecule has 5 heteroatoms. The van der Waals surface area contributed by atoms with Gasteiger partial charge in [0, 0.05) is 29.9 Å². The number of rotatable bonds is 3. The lowest BCUT2D eigenvalue weighted by molar-refractivity contribution is 0.415. The summed E-state index contributed by atoms with van der Waals surface area (Å²) < 4.78 is 7.01. The molecule has 0 radical (unpaired) electrons. The first-order valence-corrected chi connectivity index (χ1v) is 6.74. The van der Waals surface area contributed by atoms with Crippen LogP contribution in [0.4, 0.5) is 0 Å². The van der Waals surface area contributed by atoms with E-state index in [9.17, 15) is 4.79 Å². The van der Waals surface area contributed by atoms with Gasteiger partial charge in [-0.05, 0) is 37.3 Å². The molecule has 2 aliphatic heterocycles. The maximum atomic E-state index is 11.6. The minimum Gasteiger partial charge on any atom is -0.497 e. The van der Waals surface area contributed by atoms with Crippen LogP contribution in [0.5, 0.6) is 5.75 Å². The summed E-state index contributed by atoms with van der Waals surface area (Å²) in [5.41, 5.74) is 2.87. The topological polar surface area (TPSA) is 57.0 Å². The van der Waals surface area contributed by atoms with Crippen LogP contribution in [0.1, 0.15) is 6.92 Å². The second kappa shape index (κ2) is 5.36. The molecule has 2 heterocycles. The van der Waals surface area contributed by atoms with E-state index in [0.29, 0.717) is 11.4 Å². The normalized spacial score (nSPS) is 10.8. The number of benzene rings is 1. The molecule has 0 spiro atoms. The zero-order valence-corrected chi connectivity index (χ0v) is 11.9. The molecule has 0 saturated carbocycles. The smallest absolute Gasteiger partial charge is 0.270 e. The fraction of sp³-hybridized carbons (Fsp3) is 0.188. The molecule has 0 fully saturated rings. The maximum Gasteiger partial charge on any atom is 0.270 e. The number of aryl methyl sites for hydroxylation is 1. The summed E-state index contributed by atoms with van der Waals surface area (Å²) in [6.07, 6.45) is 1.90.